The molecule has 0 aromatic heterocycles. The van der Waals surface area contributed by atoms with Gasteiger partial charge in [0.05, 0.1) is 13.0 Å². The Balaban J connectivity index is 2.14. The summed E-state index contributed by atoms with van der Waals surface area (Å²) in [5.74, 6) is -0.808. The van der Waals surface area contributed by atoms with Crippen LogP contribution in [-0.2, 0) is 9.53 Å². The standard InChI is InChI=1S/C13H15FN2O2S/c1-18-13(17)8-4-5-16(7-8)9-2-3-10(12(15)19)11(14)6-9/h2-3,6,8H,4-5,7H2,1H3,(H2,15,19). The Labute approximate surface area is 116 Å². The molecule has 19 heavy (non-hydrogen) atoms. The molecule has 2 rings (SSSR count). The van der Waals surface area contributed by atoms with Gasteiger partial charge in [0.15, 0.2) is 0 Å². The molecule has 1 aliphatic rings. The Hall–Kier alpha value is -1.69. The molecule has 1 aromatic rings. The van der Waals surface area contributed by atoms with Crippen molar-refractivity contribution in [1.29, 1.82) is 0 Å². The van der Waals surface area contributed by atoms with Crippen LogP contribution < -0.4 is 10.6 Å². The van der Waals surface area contributed by atoms with Crippen LogP contribution in [0.15, 0.2) is 18.2 Å². The second-order valence-corrected chi connectivity index (χ2v) is 4.92. The third kappa shape index (κ3) is 2.84. The van der Waals surface area contributed by atoms with Gasteiger partial charge in [0, 0.05) is 24.3 Å². The van der Waals surface area contributed by atoms with Gasteiger partial charge >= 0.3 is 5.97 Å². The van der Waals surface area contributed by atoms with Crippen molar-refractivity contribution in [2.24, 2.45) is 11.7 Å². The number of thiocarbonyl (C=S) groups is 1. The van der Waals surface area contributed by atoms with Crippen molar-refractivity contribution in [2.75, 3.05) is 25.1 Å². The predicted molar refractivity (Wildman–Crippen MR) is 74.6 cm³/mol. The number of carbonyl (C=O) groups is 1. The topological polar surface area (TPSA) is 55.6 Å². The van der Waals surface area contributed by atoms with E-state index in [-0.39, 0.29) is 22.4 Å². The summed E-state index contributed by atoms with van der Waals surface area (Å²) in [7, 11) is 1.38. The van der Waals surface area contributed by atoms with Gasteiger partial charge in [0.2, 0.25) is 0 Å². The summed E-state index contributed by atoms with van der Waals surface area (Å²) < 4.78 is 18.5. The van der Waals surface area contributed by atoms with Gasteiger partial charge in [0.25, 0.3) is 0 Å². The fourth-order valence-corrected chi connectivity index (χ4v) is 2.42. The molecule has 1 fully saturated rings. The maximum absolute atomic E-state index is 13.8. The van der Waals surface area contributed by atoms with Gasteiger partial charge in [-0.05, 0) is 24.6 Å². The number of nitrogens with two attached hydrogens (primary N) is 1. The lowest BCUT2D eigenvalue weighted by Gasteiger charge is -2.19. The zero-order valence-corrected chi connectivity index (χ0v) is 11.4. The number of rotatable bonds is 3. The first-order valence-corrected chi connectivity index (χ1v) is 6.36. The molecule has 1 atom stereocenters. The van der Waals surface area contributed by atoms with Gasteiger partial charge in [-0.2, -0.15) is 0 Å². The molecule has 1 heterocycles. The number of ether oxygens (including phenoxy) is 1. The first-order chi connectivity index (χ1) is 9.02. The first-order valence-electron chi connectivity index (χ1n) is 5.95. The zero-order valence-electron chi connectivity index (χ0n) is 10.6. The van der Waals surface area contributed by atoms with Crippen LogP contribution in [0.4, 0.5) is 10.1 Å². The van der Waals surface area contributed by atoms with E-state index in [9.17, 15) is 9.18 Å². The minimum atomic E-state index is -0.438. The lowest BCUT2D eigenvalue weighted by atomic mass is 10.1. The van der Waals surface area contributed by atoms with E-state index in [4.69, 9.17) is 22.7 Å². The molecule has 0 aliphatic carbocycles. The summed E-state index contributed by atoms with van der Waals surface area (Å²) in [4.78, 5) is 13.4. The van der Waals surface area contributed by atoms with E-state index >= 15 is 0 Å². The lowest BCUT2D eigenvalue weighted by molar-refractivity contribution is -0.144. The van der Waals surface area contributed by atoms with E-state index in [1.807, 2.05) is 4.90 Å². The highest BCUT2D eigenvalue weighted by Crippen LogP contribution is 2.26. The molecule has 2 N–H and O–H groups in total. The van der Waals surface area contributed by atoms with Crippen molar-refractivity contribution in [1.82, 2.24) is 0 Å². The largest absolute Gasteiger partial charge is 0.469 e. The molecule has 1 aliphatic heterocycles. The van der Waals surface area contributed by atoms with Crippen molar-refractivity contribution < 1.29 is 13.9 Å². The third-order valence-electron chi connectivity index (χ3n) is 3.31. The molecule has 0 saturated carbocycles. The van der Waals surface area contributed by atoms with Crippen LogP contribution in [0.5, 0.6) is 0 Å². The Kier molecular flexibility index (Phi) is 3.99. The Bertz CT molecular complexity index is 521. The highest BCUT2D eigenvalue weighted by Gasteiger charge is 2.29. The fourth-order valence-electron chi connectivity index (χ4n) is 2.25. The highest BCUT2D eigenvalue weighted by atomic mass is 32.1. The first kappa shape index (κ1) is 13.7. The number of nitrogens with zero attached hydrogens (tertiary/aromatic N) is 1. The number of hydrogen-bond donors (Lipinski definition) is 1. The van der Waals surface area contributed by atoms with Crippen LogP contribution in [0.25, 0.3) is 0 Å². The number of benzene rings is 1. The summed E-state index contributed by atoms with van der Waals surface area (Å²) in [6, 6.07) is 4.73. The smallest absolute Gasteiger partial charge is 0.310 e. The Morgan fingerprint density at radius 3 is 2.89 bits per heavy atom. The number of carbonyl (C=O) groups excluding carboxylic acids is 1. The van der Waals surface area contributed by atoms with Crippen molar-refractivity contribution in [3.05, 3.63) is 29.6 Å². The average molecular weight is 282 g/mol. The van der Waals surface area contributed by atoms with Crippen molar-refractivity contribution >= 4 is 28.9 Å². The van der Waals surface area contributed by atoms with E-state index in [0.717, 1.165) is 5.69 Å². The van der Waals surface area contributed by atoms with E-state index < -0.39 is 5.82 Å². The number of hydrogen-bond acceptors (Lipinski definition) is 4. The fraction of sp³-hybridized carbons (Fsp3) is 0.385. The zero-order chi connectivity index (χ0) is 14.0. The molecule has 4 nitrogen and oxygen atoms in total. The van der Waals surface area contributed by atoms with Gasteiger partial charge in [-0.3, -0.25) is 4.79 Å². The van der Waals surface area contributed by atoms with Crippen LogP contribution in [0, 0.1) is 11.7 Å². The van der Waals surface area contributed by atoms with Gasteiger partial charge in [-0.25, -0.2) is 4.39 Å². The second kappa shape index (κ2) is 5.52. The van der Waals surface area contributed by atoms with Crippen LogP contribution in [0.1, 0.15) is 12.0 Å². The summed E-state index contributed by atoms with van der Waals surface area (Å²) in [5.41, 5.74) is 6.38. The Morgan fingerprint density at radius 1 is 1.58 bits per heavy atom. The second-order valence-electron chi connectivity index (χ2n) is 4.48. The molecule has 102 valence electrons. The molecule has 0 spiro atoms. The monoisotopic (exact) mass is 282 g/mol. The molecule has 0 amide bonds. The van der Waals surface area contributed by atoms with Crippen LogP contribution in [0.3, 0.4) is 0 Å². The minimum absolute atomic E-state index is 0.0397. The minimum Gasteiger partial charge on any atom is -0.469 e. The summed E-state index contributed by atoms with van der Waals surface area (Å²) in [6.07, 6.45) is 0.714. The van der Waals surface area contributed by atoms with Crippen molar-refractivity contribution in [3.8, 4) is 0 Å². The molecule has 0 radical (unpaired) electrons. The molecule has 0 bridgehead atoms. The van der Waals surface area contributed by atoms with E-state index in [1.54, 1.807) is 12.1 Å². The quantitative estimate of drug-likeness (QED) is 0.672. The van der Waals surface area contributed by atoms with E-state index in [0.29, 0.717) is 19.5 Å². The maximum atomic E-state index is 13.8. The van der Waals surface area contributed by atoms with Crippen LogP contribution in [-0.4, -0.2) is 31.2 Å². The van der Waals surface area contributed by atoms with E-state index in [1.165, 1.54) is 13.2 Å². The van der Waals surface area contributed by atoms with Gasteiger partial charge in [-0.15, -0.1) is 0 Å². The summed E-state index contributed by atoms with van der Waals surface area (Å²) in [6.45, 7) is 1.24. The van der Waals surface area contributed by atoms with Gasteiger partial charge in [0.1, 0.15) is 10.8 Å². The van der Waals surface area contributed by atoms with Gasteiger partial charge in [-0.1, -0.05) is 12.2 Å². The normalized spacial score (nSPS) is 18.4. The number of halogens is 1. The molecule has 1 aromatic carbocycles. The highest BCUT2D eigenvalue weighted by molar-refractivity contribution is 7.80. The maximum Gasteiger partial charge on any atom is 0.310 e. The summed E-state index contributed by atoms with van der Waals surface area (Å²) >= 11 is 4.76. The van der Waals surface area contributed by atoms with Crippen molar-refractivity contribution in [2.45, 2.75) is 6.42 Å². The number of methoxy groups -OCH3 is 1. The SMILES string of the molecule is COC(=O)C1CCN(c2ccc(C(N)=S)c(F)c2)C1. The molecular weight excluding hydrogens is 267 g/mol. The average Bonchev–Trinajstić information content (AvgIpc) is 2.86. The number of anilines is 1. The lowest BCUT2D eigenvalue weighted by Crippen LogP contribution is -2.24. The van der Waals surface area contributed by atoms with Crippen LogP contribution >= 0.6 is 12.2 Å². The molecule has 1 unspecified atom stereocenters. The van der Waals surface area contributed by atoms with Crippen LogP contribution in [0.2, 0.25) is 0 Å². The molecule has 6 heteroatoms. The van der Waals surface area contributed by atoms with Crippen molar-refractivity contribution in [3.63, 3.8) is 0 Å². The molecular formula is C13H15FN2O2S. The van der Waals surface area contributed by atoms with E-state index in [2.05, 4.69) is 0 Å². The third-order valence-corrected chi connectivity index (χ3v) is 3.53. The molecule has 1 saturated heterocycles. The number of esters is 1. The Morgan fingerprint density at radius 2 is 2.32 bits per heavy atom. The van der Waals surface area contributed by atoms with Gasteiger partial charge < -0.3 is 15.4 Å². The summed E-state index contributed by atoms with van der Waals surface area (Å²) in [5, 5.41) is 0. The predicted octanol–water partition coefficient (Wildman–Crippen LogP) is 1.46.